The van der Waals surface area contributed by atoms with Gasteiger partial charge < -0.3 is 10.2 Å². The lowest BCUT2D eigenvalue weighted by atomic mass is 10.3. The fourth-order valence-corrected chi connectivity index (χ4v) is 1.94. The molecule has 7 nitrogen and oxygen atoms in total. The van der Waals surface area contributed by atoms with Gasteiger partial charge in [0.2, 0.25) is 5.95 Å². The van der Waals surface area contributed by atoms with Crippen LogP contribution in [0.15, 0.2) is 12.4 Å². The van der Waals surface area contributed by atoms with Gasteiger partial charge in [-0.3, -0.25) is 5.10 Å². The lowest BCUT2D eigenvalue weighted by molar-refractivity contribution is 0.849. The van der Waals surface area contributed by atoms with Gasteiger partial charge in [0.25, 0.3) is 0 Å². The van der Waals surface area contributed by atoms with E-state index in [1.165, 1.54) is 6.20 Å². The molecule has 0 unspecified atom stereocenters. The van der Waals surface area contributed by atoms with Crippen LogP contribution in [0, 0.1) is 18.3 Å². The van der Waals surface area contributed by atoms with Crippen molar-refractivity contribution in [2.75, 3.05) is 23.8 Å². The number of aryl methyl sites for hydroxylation is 1. The first kappa shape index (κ1) is 13.8. The van der Waals surface area contributed by atoms with Crippen LogP contribution >= 0.6 is 0 Å². The van der Waals surface area contributed by atoms with E-state index in [0.29, 0.717) is 17.3 Å². The number of hydrogen-bond acceptors (Lipinski definition) is 6. The second-order valence-electron chi connectivity index (χ2n) is 4.33. The van der Waals surface area contributed by atoms with E-state index in [9.17, 15) is 0 Å². The number of nitrogens with one attached hydrogen (secondary N) is 2. The van der Waals surface area contributed by atoms with Crippen LogP contribution in [0.4, 0.5) is 17.5 Å². The highest BCUT2D eigenvalue weighted by molar-refractivity contribution is 5.61. The summed E-state index contributed by atoms with van der Waals surface area (Å²) in [6, 6.07) is 2.07. The number of nitriles is 1. The maximum absolute atomic E-state index is 9.01. The van der Waals surface area contributed by atoms with Crippen molar-refractivity contribution in [1.82, 2.24) is 20.2 Å². The molecule has 104 valence electrons. The van der Waals surface area contributed by atoms with Crippen LogP contribution in [0.2, 0.25) is 0 Å². The summed E-state index contributed by atoms with van der Waals surface area (Å²) in [6.45, 7) is 4.81. The van der Waals surface area contributed by atoms with E-state index in [1.54, 1.807) is 13.2 Å². The summed E-state index contributed by atoms with van der Waals surface area (Å²) in [7, 11) is 1.74. The SMILES string of the molecule is CCCN(c1ncc(C#N)c(NC)n1)c1cn[nH]c1C. The van der Waals surface area contributed by atoms with E-state index in [4.69, 9.17) is 5.26 Å². The summed E-state index contributed by atoms with van der Waals surface area (Å²) in [5, 5.41) is 18.9. The first-order chi connectivity index (χ1) is 9.71. The highest BCUT2D eigenvalue weighted by atomic mass is 15.3. The minimum atomic E-state index is 0.427. The minimum Gasteiger partial charge on any atom is -0.372 e. The molecule has 0 aliphatic rings. The van der Waals surface area contributed by atoms with Gasteiger partial charge in [0.15, 0.2) is 0 Å². The Bertz CT molecular complexity index is 626. The predicted molar refractivity (Wildman–Crippen MR) is 76.9 cm³/mol. The molecule has 0 saturated heterocycles. The van der Waals surface area contributed by atoms with Crippen LogP contribution in [-0.4, -0.2) is 33.8 Å². The van der Waals surface area contributed by atoms with Crippen molar-refractivity contribution in [2.24, 2.45) is 0 Å². The highest BCUT2D eigenvalue weighted by Gasteiger charge is 2.16. The summed E-state index contributed by atoms with van der Waals surface area (Å²) in [4.78, 5) is 10.7. The summed E-state index contributed by atoms with van der Waals surface area (Å²) in [6.07, 6.45) is 4.24. The van der Waals surface area contributed by atoms with Crippen LogP contribution in [0.25, 0.3) is 0 Å². The van der Waals surface area contributed by atoms with Crippen molar-refractivity contribution >= 4 is 17.5 Å². The average molecular weight is 271 g/mol. The molecule has 2 rings (SSSR count). The first-order valence-electron chi connectivity index (χ1n) is 6.43. The average Bonchev–Trinajstić information content (AvgIpc) is 2.90. The molecular weight excluding hydrogens is 254 g/mol. The molecule has 0 aliphatic heterocycles. The topological polar surface area (TPSA) is 93.5 Å². The molecule has 7 heteroatoms. The monoisotopic (exact) mass is 271 g/mol. The van der Waals surface area contributed by atoms with Crippen molar-refractivity contribution in [3.8, 4) is 6.07 Å². The second-order valence-corrected chi connectivity index (χ2v) is 4.33. The third-order valence-electron chi connectivity index (χ3n) is 2.92. The lowest BCUT2D eigenvalue weighted by Gasteiger charge is -2.21. The van der Waals surface area contributed by atoms with Gasteiger partial charge in [-0.15, -0.1) is 0 Å². The maximum Gasteiger partial charge on any atom is 0.232 e. The van der Waals surface area contributed by atoms with E-state index in [0.717, 1.165) is 24.3 Å². The molecule has 0 aromatic carbocycles. The number of H-pyrrole nitrogens is 1. The van der Waals surface area contributed by atoms with Crippen LogP contribution in [0.1, 0.15) is 24.6 Å². The van der Waals surface area contributed by atoms with E-state index in [2.05, 4.69) is 38.5 Å². The van der Waals surface area contributed by atoms with Crippen molar-refractivity contribution in [1.29, 1.82) is 5.26 Å². The van der Waals surface area contributed by atoms with E-state index in [-0.39, 0.29) is 0 Å². The van der Waals surface area contributed by atoms with Gasteiger partial charge in [0.05, 0.1) is 23.8 Å². The third-order valence-corrected chi connectivity index (χ3v) is 2.92. The molecule has 0 aliphatic carbocycles. The smallest absolute Gasteiger partial charge is 0.232 e. The van der Waals surface area contributed by atoms with E-state index < -0.39 is 0 Å². The molecule has 0 amide bonds. The van der Waals surface area contributed by atoms with Crippen LogP contribution in [0.3, 0.4) is 0 Å². The zero-order chi connectivity index (χ0) is 14.5. The summed E-state index contributed by atoms with van der Waals surface area (Å²) >= 11 is 0. The third kappa shape index (κ3) is 2.54. The quantitative estimate of drug-likeness (QED) is 0.863. The van der Waals surface area contributed by atoms with E-state index in [1.807, 2.05) is 11.8 Å². The predicted octanol–water partition coefficient (Wildman–Crippen LogP) is 1.97. The molecule has 20 heavy (non-hydrogen) atoms. The Balaban J connectivity index is 2.45. The molecule has 2 aromatic rings. The Labute approximate surface area is 117 Å². The zero-order valence-corrected chi connectivity index (χ0v) is 11.8. The van der Waals surface area contributed by atoms with Crippen molar-refractivity contribution in [3.63, 3.8) is 0 Å². The van der Waals surface area contributed by atoms with E-state index >= 15 is 0 Å². The molecule has 0 spiro atoms. The fourth-order valence-electron chi connectivity index (χ4n) is 1.94. The van der Waals surface area contributed by atoms with Gasteiger partial charge >= 0.3 is 0 Å². The number of anilines is 3. The molecule has 0 bridgehead atoms. The molecule has 0 atom stereocenters. The Hall–Kier alpha value is -2.62. The Kier molecular flexibility index (Phi) is 4.15. The zero-order valence-electron chi connectivity index (χ0n) is 11.8. The largest absolute Gasteiger partial charge is 0.372 e. The van der Waals surface area contributed by atoms with Crippen molar-refractivity contribution in [3.05, 3.63) is 23.7 Å². The molecule has 0 fully saturated rings. The van der Waals surface area contributed by atoms with Crippen LogP contribution < -0.4 is 10.2 Å². The Morgan fingerprint density at radius 2 is 2.25 bits per heavy atom. The van der Waals surface area contributed by atoms with Gasteiger partial charge in [0.1, 0.15) is 17.5 Å². The number of hydrogen-bond donors (Lipinski definition) is 2. The lowest BCUT2D eigenvalue weighted by Crippen LogP contribution is -2.21. The fraction of sp³-hybridized carbons (Fsp3) is 0.385. The van der Waals surface area contributed by atoms with Gasteiger partial charge in [0, 0.05) is 13.6 Å². The van der Waals surface area contributed by atoms with Gasteiger partial charge in [-0.1, -0.05) is 6.92 Å². The number of nitrogens with zero attached hydrogens (tertiary/aromatic N) is 5. The Morgan fingerprint density at radius 3 is 2.80 bits per heavy atom. The van der Waals surface area contributed by atoms with Crippen LogP contribution in [-0.2, 0) is 0 Å². The maximum atomic E-state index is 9.01. The van der Waals surface area contributed by atoms with Crippen LogP contribution in [0.5, 0.6) is 0 Å². The van der Waals surface area contributed by atoms with Gasteiger partial charge in [-0.2, -0.15) is 15.3 Å². The molecular formula is C13H17N7. The number of aromatic amines is 1. The standard InChI is InChI=1S/C13H17N7/c1-4-5-20(11-8-17-19-9(11)2)13-16-7-10(6-14)12(15-3)18-13/h7-8H,4-5H2,1-3H3,(H,17,19)(H,15,16,18). The molecule has 2 N–H and O–H groups in total. The highest BCUT2D eigenvalue weighted by Crippen LogP contribution is 2.25. The number of aromatic nitrogens is 4. The first-order valence-corrected chi connectivity index (χ1v) is 6.43. The number of rotatable bonds is 5. The summed E-state index contributed by atoms with van der Waals surface area (Å²) in [5.41, 5.74) is 2.33. The van der Waals surface area contributed by atoms with Crippen molar-refractivity contribution in [2.45, 2.75) is 20.3 Å². The second kappa shape index (κ2) is 6.02. The molecule has 2 aromatic heterocycles. The molecule has 0 saturated carbocycles. The molecule has 2 heterocycles. The van der Waals surface area contributed by atoms with Crippen molar-refractivity contribution < 1.29 is 0 Å². The summed E-state index contributed by atoms with van der Waals surface area (Å²) < 4.78 is 0. The minimum absolute atomic E-state index is 0.427. The van der Waals surface area contributed by atoms with Gasteiger partial charge in [-0.05, 0) is 13.3 Å². The summed E-state index contributed by atoms with van der Waals surface area (Å²) in [5.74, 6) is 1.08. The Morgan fingerprint density at radius 1 is 1.45 bits per heavy atom. The normalized spacial score (nSPS) is 10.1. The molecule has 0 radical (unpaired) electrons. The van der Waals surface area contributed by atoms with Gasteiger partial charge in [-0.25, -0.2) is 4.98 Å².